The van der Waals surface area contributed by atoms with Gasteiger partial charge in [-0.2, -0.15) is 5.10 Å². The van der Waals surface area contributed by atoms with E-state index >= 15 is 0 Å². The second-order valence-electron chi connectivity index (χ2n) is 3.78. The van der Waals surface area contributed by atoms with Crippen LogP contribution in [0.3, 0.4) is 0 Å². The van der Waals surface area contributed by atoms with E-state index in [9.17, 15) is 4.79 Å². The van der Waals surface area contributed by atoms with Crippen molar-refractivity contribution in [1.82, 2.24) is 19.8 Å². The van der Waals surface area contributed by atoms with Crippen molar-refractivity contribution in [2.75, 3.05) is 5.32 Å². The highest BCUT2D eigenvalue weighted by atomic mass is 32.1. The summed E-state index contributed by atoms with van der Waals surface area (Å²) in [5.74, 6) is -0.204. The van der Waals surface area contributed by atoms with E-state index in [-0.39, 0.29) is 5.91 Å². The Kier molecular flexibility index (Phi) is 3.03. The number of anilines is 1. The van der Waals surface area contributed by atoms with E-state index < -0.39 is 0 Å². The van der Waals surface area contributed by atoms with Crippen LogP contribution in [0.4, 0.5) is 5.69 Å². The zero-order chi connectivity index (χ0) is 13.1. The average molecular weight is 271 g/mol. The van der Waals surface area contributed by atoms with Gasteiger partial charge in [-0.25, -0.2) is 0 Å². The van der Waals surface area contributed by atoms with Crippen molar-refractivity contribution in [3.63, 3.8) is 0 Å². The maximum absolute atomic E-state index is 11.8. The Labute approximate surface area is 112 Å². The van der Waals surface area contributed by atoms with Gasteiger partial charge in [0.2, 0.25) is 0 Å². The van der Waals surface area contributed by atoms with Crippen LogP contribution in [0.1, 0.15) is 9.67 Å². The molecule has 3 rings (SSSR count). The van der Waals surface area contributed by atoms with Crippen molar-refractivity contribution >= 4 is 23.1 Å². The van der Waals surface area contributed by atoms with Gasteiger partial charge in [-0.1, -0.05) is 16.6 Å². The number of nitrogens with one attached hydrogen (secondary N) is 2. The minimum atomic E-state index is -0.204. The van der Waals surface area contributed by atoms with Crippen LogP contribution in [-0.4, -0.2) is 25.7 Å². The van der Waals surface area contributed by atoms with E-state index in [0.717, 1.165) is 28.5 Å². The predicted molar refractivity (Wildman–Crippen MR) is 71.9 cm³/mol. The molecule has 1 amide bonds. The number of H-pyrrole nitrogens is 1. The zero-order valence-electron chi connectivity index (χ0n) is 9.70. The lowest BCUT2D eigenvalue weighted by molar-refractivity contribution is 0.103. The Morgan fingerprint density at radius 3 is 2.68 bits per heavy atom. The van der Waals surface area contributed by atoms with E-state index in [1.54, 1.807) is 6.20 Å². The number of amides is 1. The molecule has 0 fully saturated rings. The minimum absolute atomic E-state index is 0.204. The van der Waals surface area contributed by atoms with Crippen molar-refractivity contribution in [3.05, 3.63) is 47.6 Å². The molecule has 0 bridgehead atoms. The molecule has 0 aliphatic heterocycles. The lowest BCUT2D eigenvalue weighted by Crippen LogP contribution is -2.09. The van der Waals surface area contributed by atoms with Crippen molar-refractivity contribution in [1.29, 1.82) is 0 Å². The third kappa shape index (κ3) is 2.50. The number of aromatic amines is 1. The third-order valence-electron chi connectivity index (χ3n) is 2.54. The zero-order valence-corrected chi connectivity index (χ0v) is 10.5. The van der Waals surface area contributed by atoms with Crippen LogP contribution in [0.15, 0.2) is 42.7 Å². The van der Waals surface area contributed by atoms with Gasteiger partial charge in [-0.3, -0.25) is 9.89 Å². The predicted octanol–water partition coefficient (Wildman–Crippen LogP) is 2.18. The van der Waals surface area contributed by atoms with Crippen LogP contribution < -0.4 is 5.32 Å². The maximum Gasteiger partial charge on any atom is 0.269 e. The number of benzene rings is 1. The molecule has 0 saturated heterocycles. The normalized spacial score (nSPS) is 10.3. The molecule has 1 aromatic carbocycles. The summed E-state index contributed by atoms with van der Waals surface area (Å²) in [6, 6.07) is 9.38. The summed E-state index contributed by atoms with van der Waals surface area (Å²) in [6.45, 7) is 0. The van der Waals surface area contributed by atoms with Crippen molar-refractivity contribution in [2.24, 2.45) is 0 Å². The second kappa shape index (κ2) is 4.99. The standard InChI is InChI=1S/C12H9N5OS/c18-12(11-7-14-17-19-11)15-9-3-1-8(2-4-9)10-5-6-13-16-10/h1-7H,(H,13,16)(H,15,18). The van der Waals surface area contributed by atoms with E-state index in [2.05, 4.69) is 25.1 Å². The summed E-state index contributed by atoms with van der Waals surface area (Å²) in [4.78, 5) is 12.3. The molecule has 0 aliphatic carbocycles. The van der Waals surface area contributed by atoms with Gasteiger partial charge >= 0.3 is 0 Å². The highest BCUT2D eigenvalue weighted by molar-refractivity contribution is 7.07. The fraction of sp³-hybridized carbons (Fsp3) is 0. The Hall–Kier alpha value is -2.54. The molecule has 0 atom stereocenters. The molecule has 3 aromatic rings. The van der Waals surface area contributed by atoms with Crippen LogP contribution in [0.2, 0.25) is 0 Å². The Balaban J connectivity index is 1.75. The molecule has 0 unspecified atom stereocenters. The maximum atomic E-state index is 11.8. The van der Waals surface area contributed by atoms with Gasteiger partial charge in [-0.15, -0.1) is 5.10 Å². The van der Waals surface area contributed by atoms with Gasteiger partial charge in [0, 0.05) is 11.9 Å². The fourth-order valence-corrected chi connectivity index (χ4v) is 2.02. The molecule has 94 valence electrons. The van der Waals surface area contributed by atoms with Crippen LogP contribution >= 0.6 is 11.5 Å². The molecule has 2 aromatic heterocycles. The Morgan fingerprint density at radius 2 is 2.05 bits per heavy atom. The van der Waals surface area contributed by atoms with Crippen LogP contribution in [0.25, 0.3) is 11.3 Å². The van der Waals surface area contributed by atoms with Crippen LogP contribution in [0, 0.1) is 0 Å². The summed E-state index contributed by atoms with van der Waals surface area (Å²) in [5, 5.41) is 13.2. The third-order valence-corrected chi connectivity index (χ3v) is 3.20. The van der Waals surface area contributed by atoms with E-state index in [1.807, 2.05) is 30.3 Å². The minimum Gasteiger partial charge on any atom is -0.321 e. The highest BCUT2D eigenvalue weighted by Crippen LogP contribution is 2.19. The molecular weight excluding hydrogens is 262 g/mol. The number of carbonyl (C=O) groups excluding carboxylic acids is 1. The SMILES string of the molecule is O=C(Nc1ccc(-c2ccn[nH]2)cc1)c1cnns1. The van der Waals surface area contributed by atoms with Gasteiger partial charge in [0.25, 0.3) is 5.91 Å². The van der Waals surface area contributed by atoms with Gasteiger partial charge in [0.05, 0.1) is 11.9 Å². The smallest absolute Gasteiger partial charge is 0.269 e. The van der Waals surface area contributed by atoms with Gasteiger partial charge in [0.15, 0.2) is 0 Å². The largest absolute Gasteiger partial charge is 0.321 e. The molecule has 0 saturated carbocycles. The summed E-state index contributed by atoms with van der Waals surface area (Å²) in [5.41, 5.74) is 2.67. The molecule has 2 N–H and O–H groups in total. The van der Waals surface area contributed by atoms with Crippen molar-refractivity contribution in [3.8, 4) is 11.3 Å². The van der Waals surface area contributed by atoms with Crippen molar-refractivity contribution in [2.45, 2.75) is 0 Å². The molecule has 0 aliphatic rings. The molecule has 0 spiro atoms. The first-order chi connectivity index (χ1) is 9.33. The highest BCUT2D eigenvalue weighted by Gasteiger charge is 2.08. The van der Waals surface area contributed by atoms with E-state index in [1.165, 1.54) is 6.20 Å². The van der Waals surface area contributed by atoms with Gasteiger partial charge in [0.1, 0.15) is 4.88 Å². The fourth-order valence-electron chi connectivity index (χ4n) is 1.61. The number of hydrogen-bond acceptors (Lipinski definition) is 5. The number of aromatic nitrogens is 4. The number of carbonyl (C=O) groups is 1. The monoisotopic (exact) mass is 271 g/mol. The van der Waals surface area contributed by atoms with Crippen LogP contribution in [0.5, 0.6) is 0 Å². The number of hydrogen-bond donors (Lipinski definition) is 2. The van der Waals surface area contributed by atoms with E-state index in [0.29, 0.717) is 4.88 Å². The molecule has 19 heavy (non-hydrogen) atoms. The average Bonchev–Trinajstić information content (AvgIpc) is 3.13. The summed E-state index contributed by atoms with van der Waals surface area (Å²) >= 11 is 1.07. The first-order valence-corrected chi connectivity index (χ1v) is 6.29. The van der Waals surface area contributed by atoms with E-state index in [4.69, 9.17) is 0 Å². The molecule has 2 heterocycles. The summed E-state index contributed by atoms with van der Waals surface area (Å²) < 4.78 is 3.65. The lowest BCUT2D eigenvalue weighted by atomic mass is 10.1. The van der Waals surface area contributed by atoms with Crippen molar-refractivity contribution < 1.29 is 4.79 Å². The van der Waals surface area contributed by atoms with Gasteiger partial charge < -0.3 is 5.32 Å². The molecule has 0 radical (unpaired) electrons. The second-order valence-corrected chi connectivity index (χ2v) is 4.57. The molecule has 6 nitrogen and oxygen atoms in total. The summed E-state index contributed by atoms with van der Waals surface area (Å²) in [7, 11) is 0. The molecule has 7 heteroatoms. The Morgan fingerprint density at radius 1 is 1.21 bits per heavy atom. The number of nitrogens with zero attached hydrogens (tertiary/aromatic N) is 3. The van der Waals surface area contributed by atoms with Gasteiger partial charge in [-0.05, 0) is 35.3 Å². The van der Waals surface area contributed by atoms with Crippen LogP contribution in [-0.2, 0) is 0 Å². The Bertz CT molecular complexity index is 661. The molecular formula is C12H9N5OS. The lowest BCUT2D eigenvalue weighted by Gasteiger charge is -2.04. The topological polar surface area (TPSA) is 83.6 Å². The first-order valence-electron chi connectivity index (χ1n) is 5.51. The first kappa shape index (κ1) is 11.5. The summed E-state index contributed by atoms with van der Waals surface area (Å²) in [6.07, 6.45) is 3.14. The number of rotatable bonds is 3. The quantitative estimate of drug-likeness (QED) is 0.764.